The molecule has 9 heterocycles. The van der Waals surface area contributed by atoms with E-state index in [2.05, 4.69) is 46.1 Å². The Kier molecular flexibility index (Phi) is 39.4. The highest BCUT2D eigenvalue weighted by Crippen LogP contribution is 2.28. The quantitative estimate of drug-likeness (QED) is 0.0246. The zero-order chi connectivity index (χ0) is 76.5. The molecule has 9 rings (SSSR count). The molecule has 5 aliphatic rings. The van der Waals surface area contributed by atoms with E-state index in [1.807, 2.05) is 27.7 Å². The van der Waals surface area contributed by atoms with Gasteiger partial charge in [-0.05, 0) is 101 Å². The Bertz CT molecular complexity index is 3110. The summed E-state index contributed by atoms with van der Waals surface area (Å²) in [6, 6.07) is 12.7. The van der Waals surface area contributed by atoms with Gasteiger partial charge in [-0.3, -0.25) is 59.1 Å². The van der Waals surface area contributed by atoms with Crippen LogP contribution >= 0.6 is 0 Å². The predicted molar refractivity (Wildman–Crippen MR) is 367 cm³/mol. The molecule has 6 amide bonds. The SMILES string of the molecule is C1CCOC1.CCCNC(=O)C1CCN(c2ccc([N+](=O)[O-])cn2)CC1.CO.CO.NCCNC(=O)C1CCN(c2ccc([N+](=O)[O-])cn2)CC1.Nc1ccc(N2CCC(C(=O)NCCNC(=O)C(F)(F)F)CC2)nc1.O=C(NCCNC(=O)C(F)(F)F)C1CCN(c2ccc([N+](=O)[O-])cn2)CC1. The highest BCUT2D eigenvalue weighted by atomic mass is 19.4. The van der Waals surface area contributed by atoms with Crippen LogP contribution in [0.15, 0.2) is 73.3 Å². The predicted octanol–water partition coefficient (Wildman–Crippen LogP) is 3.70. The lowest BCUT2D eigenvalue weighted by molar-refractivity contribution is -0.385. The molecule has 4 aromatic heterocycles. The van der Waals surface area contributed by atoms with Crippen LogP contribution in [0.5, 0.6) is 0 Å². The lowest BCUT2D eigenvalue weighted by Crippen LogP contribution is -2.44. The van der Waals surface area contributed by atoms with Gasteiger partial charge in [0, 0.05) is 167 Å². The van der Waals surface area contributed by atoms with Crippen LogP contribution in [0.25, 0.3) is 0 Å². The minimum Gasteiger partial charge on any atom is -0.400 e. The summed E-state index contributed by atoms with van der Waals surface area (Å²) in [6.45, 7) is 10.3. The average molecular weight is 1470 g/mol. The second-order valence-electron chi connectivity index (χ2n) is 23.2. The molecule has 0 bridgehead atoms. The van der Waals surface area contributed by atoms with Crippen LogP contribution in [0.3, 0.4) is 0 Å². The smallest absolute Gasteiger partial charge is 0.400 e. The summed E-state index contributed by atoms with van der Waals surface area (Å²) in [5.74, 6) is -1.99. The lowest BCUT2D eigenvalue weighted by atomic mass is 9.96. The molecule has 0 aromatic carbocycles. The van der Waals surface area contributed by atoms with Gasteiger partial charge >= 0.3 is 24.2 Å². The summed E-state index contributed by atoms with van der Waals surface area (Å²) in [5.41, 5.74) is 11.4. The maximum Gasteiger partial charge on any atom is 0.471 e. The normalized spacial score (nSPS) is 15.5. The van der Waals surface area contributed by atoms with Crippen molar-refractivity contribution in [2.24, 2.45) is 29.4 Å². The van der Waals surface area contributed by atoms with Gasteiger partial charge in [0.25, 0.3) is 17.1 Å². The highest BCUT2D eigenvalue weighted by Gasteiger charge is 2.39. The van der Waals surface area contributed by atoms with Crippen molar-refractivity contribution in [3.8, 4) is 0 Å². The third-order valence-electron chi connectivity index (χ3n) is 16.1. The summed E-state index contributed by atoms with van der Waals surface area (Å²) in [7, 11) is 2.00. The van der Waals surface area contributed by atoms with E-state index >= 15 is 0 Å². The topological polar surface area (TPSA) is 470 Å². The van der Waals surface area contributed by atoms with Crippen LogP contribution in [0.1, 0.15) is 77.6 Å². The molecular weight excluding hydrogens is 1380 g/mol. The Balaban J connectivity index is 0.000000344. The van der Waals surface area contributed by atoms with Crippen LogP contribution in [-0.2, 0) is 33.5 Å². The van der Waals surface area contributed by atoms with Gasteiger partial charge in [0.2, 0.25) is 23.6 Å². The third-order valence-corrected chi connectivity index (χ3v) is 16.1. The average Bonchev–Trinajstić information content (AvgIpc) is 0.966. The van der Waals surface area contributed by atoms with E-state index in [0.29, 0.717) is 95.4 Å². The van der Waals surface area contributed by atoms with Gasteiger partial charge in [0.15, 0.2) is 0 Å². The number of nitrogens with one attached hydrogen (secondary N) is 6. The molecule has 4 aromatic rings. The molecule has 0 spiro atoms. The van der Waals surface area contributed by atoms with Gasteiger partial charge in [-0.1, -0.05) is 6.92 Å². The van der Waals surface area contributed by atoms with Crippen molar-refractivity contribution in [3.63, 3.8) is 0 Å². The fourth-order valence-corrected chi connectivity index (χ4v) is 10.5. The first kappa shape index (κ1) is 87.3. The Morgan fingerprint density at radius 1 is 0.456 bits per heavy atom. The number of hydrogen-bond acceptors (Lipinski definition) is 25. The number of halogens is 6. The van der Waals surface area contributed by atoms with E-state index in [4.69, 9.17) is 26.4 Å². The number of nitro groups is 3. The van der Waals surface area contributed by atoms with Crippen LogP contribution in [0.2, 0.25) is 0 Å². The molecule has 0 aliphatic carbocycles. The van der Waals surface area contributed by atoms with Gasteiger partial charge in [-0.2, -0.15) is 26.3 Å². The lowest BCUT2D eigenvalue weighted by Gasteiger charge is -2.32. The molecule has 12 N–H and O–H groups in total. The number of rotatable bonds is 21. The van der Waals surface area contributed by atoms with Gasteiger partial charge < -0.3 is 77.9 Å². The first-order valence-electron chi connectivity index (χ1n) is 33.2. The number of pyridine rings is 4. The number of hydrogen-bond donors (Lipinski definition) is 10. The zero-order valence-corrected chi connectivity index (χ0v) is 57.6. The number of nitrogen functional groups attached to an aromatic ring is 1. The number of nitrogens with two attached hydrogens (primary N) is 2. The summed E-state index contributed by atoms with van der Waals surface area (Å²) in [5, 5.41) is 60.0. The number of aromatic nitrogens is 4. The highest BCUT2D eigenvalue weighted by molar-refractivity contribution is 5.83. The van der Waals surface area contributed by atoms with Gasteiger partial charge in [-0.25, -0.2) is 19.9 Å². The van der Waals surface area contributed by atoms with Crippen LogP contribution in [0, 0.1) is 54.0 Å². The van der Waals surface area contributed by atoms with E-state index in [1.165, 1.54) is 49.6 Å². The minimum absolute atomic E-state index is 0.00542. The molecule has 34 nitrogen and oxygen atoms in total. The third kappa shape index (κ3) is 31.9. The number of carbonyl (C=O) groups excluding carboxylic acids is 6. The number of carbonyl (C=O) groups is 6. The second-order valence-corrected chi connectivity index (χ2v) is 23.2. The molecule has 0 unspecified atom stereocenters. The summed E-state index contributed by atoms with van der Waals surface area (Å²) in [4.78, 5) is 124. The largest absolute Gasteiger partial charge is 0.471 e. The van der Waals surface area contributed by atoms with Crippen molar-refractivity contribution < 1.29 is 84.8 Å². The second kappa shape index (κ2) is 46.5. The molecule has 40 heteroatoms. The van der Waals surface area contributed by atoms with Gasteiger partial charge in [0.05, 0.1) is 26.7 Å². The Morgan fingerprint density at radius 2 is 0.718 bits per heavy atom. The molecule has 5 fully saturated rings. The number of alkyl halides is 6. The van der Waals surface area contributed by atoms with E-state index in [9.17, 15) is 85.5 Å². The molecule has 103 heavy (non-hydrogen) atoms. The molecule has 0 radical (unpaired) electrons. The van der Waals surface area contributed by atoms with Crippen LogP contribution in [0.4, 0.5) is 72.4 Å². The Hall–Kier alpha value is -9.96. The number of ether oxygens (including phenoxy) is 1. The van der Waals surface area contributed by atoms with Crippen LogP contribution < -0.4 is 63.0 Å². The fourth-order valence-electron chi connectivity index (χ4n) is 10.5. The number of amides is 6. The molecule has 5 aliphatic heterocycles. The van der Waals surface area contributed by atoms with Crippen molar-refractivity contribution in [1.29, 1.82) is 0 Å². The number of anilines is 5. The maximum absolute atomic E-state index is 12.0. The van der Waals surface area contributed by atoms with Crippen molar-refractivity contribution in [3.05, 3.63) is 104 Å². The Labute approximate surface area is 590 Å². The molecular formula is C63H93F6N19O15. The molecule has 0 atom stereocenters. The standard InChI is InChI=1S/C15H18F3N5O4.C15H20F3N5O2.C14H20N4O3.C13H19N5O3.C4H8O.2CH4O/c16-15(17,18)14(25)20-6-5-19-13(24)10-3-7-22(8-4-10)12-2-1-11(9-21-12)23(26)27;16-15(17,18)14(25)21-6-5-20-13(24)10-3-7-23(8-4-10)12-2-1-11(19)9-22-12;1-2-7-15-14(19)11-5-8-17(9-6-11)13-4-3-12(10-16-13)18(20)21;14-5-6-15-13(19)10-3-7-17(8-4-10)12-2-1-11(9-16-12)18(20)21;1-2-4-5-3-1;2*1-2/h1-2,9-10H,3-8H2,(H,19,24)(H,20,25);1-2,9-10H,3-8,19H2,(H,20,24)(H,21,25);3-4,10-11H,2,5-9H2,1H3,(H,15,19);1-2,9-10H,3-8,14H2,(H,15,19);1-4H2;2*2H,1H3. The maximum atomic E-state index is 12.0. The van der Waals surface area contributed by atoms with E-state index in [-0.39, 0.29) is 90.5 Å². The monoisotopic (exact) mass is 1470 g/mol. The van der Waals surface area contributed by atoms with Crippen molar-refractivity contribution >= 4 is 81.5 Å². The van der Waals surface area contributed by atoms with Gasteiger partial charge in [-0.15, -0.1) is 0 Å². The van der Waals surface area contributed by atoms with Crippen molar-refractivity contribution in [2.45, 2.75) is 89.9 Å². The first-order chi connectivity index (χ1) is 49.2. The summed E-state index contributed by atoms with van der Waals surface area (Å²) < 4.78 is 77.0. The van der Waals surface area contributed by atoms with Crippen molar-refractivity contribution in [2.75, 3.05) is 151 Å². The minimum atomic E-state index is -4.94. The number of aliphatic hydroxyl groups is 2. The van der Waals surface area contributed by atoms with E-state index in [0.717, 1.165) is 90.8 Å². The van der Waals surface area contributed by atoms with Gasteiger partial charge in [0.1, 0.15) is 41.9 Å². The van der Waals surface area contributed by atoms with Crippen molar-refractivity contribution in [1.82, 2.24) is 51.8 Å². The molecule has 572 valence electrons. The number of aliphatic hydroxyl groups excluding tert-OH is 2. The fraction of sp³-hybridized carbons (Fsp3) is 0.587. The number of piperidine rings is 4. The van der Waals surface area contributed by atoms with Crippen LogP contribution in [-0.4, -0.2) is 218 Å². The summed E-state index contributed by atoms with van der Waals surface area (Å²) >= 11 is 0. The molecule has 5 saturated heterocycles. The van der Waals surface area contributed by atoms with E-state index < -0.39 is 38.9 Å². The number of nitrogens with zero attached hydrogens (tertiary/aromatic N) is 11. The molecule has 0 saturated carbocycles. The first-order valence-corrected chi connectivity index (χ1v) is 33.2. The summed E-state index contributed by atoms with van der Waals surface area (Å²) in [6.07, 6.45) is 4.25. The zero-order valence-electron chi connectivity index (χ0n) is 57.6. The van der Waals surface area contributed by atoms with E-state index in [1.54, 1.807) is 41.1 Å². The Morgan fingerprint density at radius 3 is 0.932 bits per heavy atom.